The number of imide groups is 1. The van der Waals surface area contributed by atoms with Crippen LogP contribution in [-0.4, -0.2) is 41.2 Å². The first-order valence-electron chi connectivity index (χ1n) is 9.20. The number of alkyl halides is 3. The van der Waals surface area contributed by atoms with Gasteiger partial charge in [-0.3, -0.25) is 9.69 Å². The summed E-state index contributed by atoms with van der Waals surface area (Å²) >= 11 is 0. The van der Waals surface area contributed by atoms with Gasteiger partial charge in [0.1, 0.15) is 24.0 Å². The molecule has 0 bridgehead atoms. The maximum absolute atomic E-state index is 12.8. The number of aliphatic hydroxyl groups excluding tert-OH is 1. The first-order chi connectivity index (χ1) is 14.0. The third kappa shape index (κ3) is 4.40. The van der Waals surface area contributed by atoms with Crippen LogP contribution < -0.4 is 10.1 Å². The SMILES string of the molecule is Cc1ccc(OCC(O)CN2C(=O)NC(C)(c3ccc(C(F)(F)F)cc3)C2=O)cc1. The molecule has 160 valence electrons. The summed E-state index contributed by atoms with van der Waals surface area (Å²) in [5.41, 5.74) is -1.13. The number of halogens is 3. The lowest BCUT2D eigenvalue weighted by Gasteiger charge is -2.23. The molecule has 1 saturated heterocycles. The molecule has 30 heavy (non-hydrogen) atoms. The standard InChI is InChI=1S/C21H21F3N2O4/c1-13-3-9-17(10-4-13)30-12-16(27)11-26-18(28)20(2,25-19(26)29)14-5-7-15(8-6-14)21(22,23)24/h3-10,16,27H,11-12H2,1-2H3,(H,25,29). The summed E-state index contributed by atoms with van der Waals surface area (Å²) in [6, 6.07) is 10.4. The minimum absolute atomic E-state index is 0.142. The number of urea groups is 1. The molecular formula is C21H21F3N2O4. The number of amides is 3. The maximum Gasteiger partial charge on any atom is 0.416 e. The van der Waals surface area contributed by atoms with E-state index in [0.29, 0.717) is 5.75 Å². The molecule has 2 unspecified atom stereocenters. The van der Waals surface area contributed by atoms with Gasteiger partial charge in [0.15, 0.2) is 0 Å². The molecule has 1 fully saturated rings. The number of nitrogens with zero attached hydrogens (tertiary/aromatic N) is 1. The van der Waals surface area contributed by atoms with Crippen LogP contribution in [0.25, 0.3) is 0 Å². The molecule has 3 amide bonds. The van der Waals surface area contributed by atoms with Gasteiger partial charge in [-0.05, 0) is 43.7 Å². The van der Waals surface area contributed by atoms with E-state index < -0.39 is 35.3 Å². The van der Waals surface area contributed by atoms with Crippen molar-refractivity contribution in [3.05, 3.63) is 65.2 Å². The molecule has 0 aliphatic carbocycles. The van der Waals surface area contributed by atoms with Crippen molar-refractivity contribution in [3.63, 3.8) is 0 Å². The number of benzene rings is 2. The van der Waals surface area contributed by atoms with Crippen LogP contribution in [0.5, 0.6) is 5.75 Å². The molecule has 1 heterocycles. The monoisotopic (exact) mass is 422 g/mol. The van der Waals surface area contributed by atoms with Crippen LogP contribution in [0.1, 0.15) is 23.6 Å². The van der Waals surface area contributed by atoms with Crippen molar-refractivity contribution in [2.75, 3.05) is 13.2 Å². The summed E-state index contributed by atoms with van der Waals surface area (Å²) in [5.74, 6) is -0.131. The molecule has 0 radical (unpaired) electrons. The van der Waals surface area contributed by atoms with Gasteiger partial charge in [0, 0.05) is 0 Å². The minimum atomic E-state index is -4.50. The van der Waals surface area contributed by atoms with Crippen LogP contribution in [0.2, 0.25) is 0 Å². The Hall–Kier alpha value is -3.07. The molecule has 2 aromatic rings. The van der Waals surface area contributed by atoms with E-state index in [-0.39, 0.29) is 18.7 Å². The predicted octanol–water partition coefficient (Wildman–Crippen LogP) is 3.22. The Morgan fingerprint density at radius 3 is 2.27 bits per heavy atom. The normalized spacial score (nSPS) is 20.3. The lowest BCUT2D eigenvalue weighted by Crippen LogP contribution is -2.42. The third-order valence-electron chi connectivity index (χ3n) is 4.92. The van der Waals surface area contributed by atoms with E-state index in [1.807, 2.05) is 19.1 Å². The van der Waals surface area contributed by atoms with Crippen molar-refractivity contribution in [2.24, 2.45) is 0 Å². The largest absolute Gasteiger partial charge is 0.491 e. The van der Waals surface area contributed by atoms with Crippen LogP contribution in [0, 0.1) is 6.92 Å². The van der Waals surface area contributed by atoms with Crippen LogP contribution >= 0.6 is 0 Å². The van der Waals surface area contributed by atoms with Crippen molar-refractivity contribution in [1.29, 1.82) is 0 Å². The Balaban J connectivity index is 1.66. The first kappa shape index (κ1) is 21.6. The van der Waals surface area contributed by atoms with Crippen LogP contribution in [-0.2, 0) is 16.5 Å². The van der Waals surface area contributed by atoms with Crippen LogP contribution in [0.3, 0.4) is 0 Å². The number of β-amino-alcohol motifs (C(OH)–C–C–N with tert-alkyl or cyclic N) is 1. The number of carbonyl (C=O) groups excluding carboxylic acids is 2. The van der Waals surface area contributed by atoms with E-state index in [1.54, 1.807) is 12.1 Å². The number of aryl methyl sites for hydroxylation is 1. The summed E-state index contributed by atoms with van der Waals surface area (Å²) in [7, 11) is 0. The molecule has 1 aliphatic heterocycles. The second-order valence-corrected chi connectivity index (χ2v) is 7.32. The van der Waals surface area contributed by atoms with Gasteiger partial charge in [0.25, 0.3) is 5.91 Å². The molecule has 2 atom stereocenters. The van der Waals surface area contributed by atoms with Crippen LogP contribution in [0.15, 0.2) is 48.5 Å². The summed E-state index contributed by atoms with van der Waals surface area (Å²) in [5, 5.41) is 12.7. The van der Waals surface area contributed by atoms with Gasteiger partial charge in [-0.15, -0.1) is 0 Å². The van der Waals surface area contributed by atoms with Gasteiger partial charge in [0.05, 0.1) is 12.1 Å². The van der Waals surface area contributed by atoms with Gasteiger partial charge in [-0.25, -0.2) is 4.79 Å². The van der Waals surface area contributed by atoms with Crippen molar-refractivity contribution in [2.45, 2.75) is 31.7 Å². The van der Waals surface area contributed by atoms with E-state index >= 15 is 0 Å². The average molecular weight is 422 g/mol. The molecule has 0 saturated carbocycles. The zero-order valence-corrected chi connectivity index (χ0v) is 16.4. The highest BCUT2D eigenvalue weighted by Gasteiger charge is 2.49. The van der Waals surface area contributed by atoms with Gasteiger partial charge in [0.2, 0.25) is 0 Å². The Morgan fingerprint density at radius 1 is 1.10 bits per heavy atom. The van der Waals surface area contributed by atoms with E-state index in [9.17, 15) is 27.9 Å². The Labute approximate surface area is 171 Å². The molecule has 0 spiro atoms. The van der Waals surface area contributed by atoms with E-state index in [4.69, 9.17) is 4.74 Å². The van der Waals surface area contributed by atoms with Crippen molar-refractivity contribution < 1.29 is 32.6 Å². The fraction of sp³-hybridized carbons (Fsp3) is 0.333. The molecule has 2 N–H and O–H groups in total. The Bertz CT molecular complexity index is 929. The molecular weight excluding hydrogens is 401 g/mol. The molecule has 3 rings (SSSR count). The van der Waals surface area contributed by atoms with Gasteiger partial charge in [-0.1, -0.05) is 29.8 Å². The quantitative estimate of drug-likeness (QED) is 0.701. The molecule has 6 nitrogen and oxygen atoms in total. The minimum Gasteiger partial charge on any atom is -0.491 e. The third-order valence-corrected chi connectivity index (χ3v) is 4.92. The second kappa shape index (κ2) is 7.98. The zero-order chi connectivity index (χ0) is 22.1. The average Bonchev–Trinajstić information content (AvgIpc) is 2.91. The zero-order valence-electron chi connectivity index (χ0n) is 16.4. The molecule has 2 aromatic carbocycles. The van der Waals surface area contributed by atoms with Crippen molar-refractivity contribution >= 4 is 11.9 Å². The predicted molar refractivity (Wildman–Crippen MR) is 102 cm³/mol. The molecule has 0 aromatic heterocycles. The number of ether oxygens (including phenoxy) is 1. The Kier molecular flexibility index (Phi) is 5.76. The summed E-state index contributed by atoms with van der Waals surface area (Å²) in [4.78, 5) is 26.0. The van der Waals surface area contributed by atoms with Crippen LogP contribution in [0.4, 0.5) is 18.0 Å². The maximum atomic E-state index is 12.8. The highest BCUT2D eigenvalue weighted by Crippen LogP contribution is 2.33. The second-order valence-electron chi connectivity index (χ2n) is 7.32. The van der Waals surface area contributed by atoms with Crippen molar-refractivity contribution in [3.8, 4) is 5.75 Å². The lowest BCUT2D eigenvalue weighted by atomic mass is 9.91. The van der Waals surface area contributed by atoms with Gasteiger partial charge < -0.3 is 15.2 Å². The van der Waals surface area contributed by atoms with Crippen molar-refractivity contribution in [1.82, 2.24) is 10.2 Å². The fourth-order valence-corrected chi connectivity index (χ4v) is 3.14. The Morgan fingerprint density at radius 2 is 1.70 bits per heavy atom. The lowest BCUT2D eigenvalue weighted by molar-refractivity contribution is -0.137. The highest BCUT2D eigenvalue weighted by molar-refractivity contribution is 6.07. The number of carbonyl (C=O) groups is 2. The van der Waals surface area contributed by atoms with E-state index in [1.165, 1.54) is 6.92 Å². The number of hydrogen-bond donors (Lipinski definition) is 2. The summed E-state index contributed by atoms with van der Waals surface area (Å²) in [6.45, 7) is 2.87. The first-order valence-corrected chi connectivity index (χ1v) is 9.20. The molecule has 9 heteroatoms. The molecule has 1 aliphatic rings. The van der Waals surface area contributed by atoms with Gasteiger partial charge >= 0.3 is 12.2 Å². The van der Waals surface area contributed by atoms with Gasteiger partial charge in [-0.2, -0.15) is 13.2 Å². The topological polar surface area (TPSA) is 78.9 Å². The highest BCUT2D eigenvalue weighted by atomic mass is 19.4. The summed E-state index contributed by atoms with van der Waals surface area (Å²) < 4.78 is 43.8. The number of hydrogen-bond acceptors (Lipinski definition) is 4. The number of nitrogens with one attached hydrogen (secondary N) is 1. The number of rotatable bonds is 6. The fourth-order valence-electron chi connectivity index (χ4n) is 3.14. The summed E-state index contributed by atoms with van der Waals surface area (Å²) in [6.07, 6.45) is -5.65. The van der Waals surface area contributed by atoms with E-state index in [2.05, 4.69) is 5.32 Å². The smallest absolute Gasteiger partial charge is 0.416 e. The number of aliphatic hydroxyl groups is 1. The van der Waals surface area contributed by atoms with E-state index in [0.717, 1.165) is 34.7 Å².